The second-order valence-corrected chi connectivity index (χ2v) is 9.27. The number of H-pyrrole nitrogens is 1. The van der Waals surface area contributed by atoms with E-state index in [9.17, 15) is 9.59 Å². The zero-order chi connectivity index (χ0) is 25.1. The molecular formula is C25H31N9O2. The molecule has 2 saturated heterocycles. The molecule has 2 aliphatic rings. The van der Waals surface area contributed by atoms with Crippen molar-refractivity contribution in [1.82, 2.24) is 34.6 Å². The van der Waals surface area contributed by atoms with Gasteiger partial charge >= 0.3 is 0 Å². The van der Waals surface area contributed by atoms with Gasteiger partial charge in [-0.05, 0) is 50.2 Å². The predicted octanol–water partition coefficient (Wildman–Crippen LogP) is 2.07. The van der Waals surface area contributed by atoms with E-state index in [0.29, 0.717) is 35.0 Å². The maximum Gasteiger partial charge on any atom is 0.253 e. The first-order valence-corrected chi connectivity index (χ1v) is 12.2. The Labute approximate surface area is 209 Å². The molecule has 2 amide bonds. The summed E-state index contributed by atoms with van der Waals surface area (Å²) in [6.45, 7) is 8.15. The van der Waals surface area contributed by atoms with Gasteiger partial charge in [0, 0.05) is 56.6 Å². The van der Waals surface area contributed by atoms with Gasteiger partial charge in [-0.3, -0.25) is 9.59 Å². The van der Waals surface area contributed by atoms with Crippen LogP contribution in [-0.2, 0) is 4.79 Å². The number of hydrogen-bond donors (Lipinski definition) is 3. The number of piperidine rings is 1. The van der Waals surface area contributed by atoms with Crippen LogP contribution < -0.4 is 10.6 Å². The van der Waals surface area contributed by atoms with Crippen LogP contribution in [-0.4, -0.2) is 98.8 Å². The molecule has 5 rings (SSSR count). The van der Waals surface area contributed by atoms with E-state index in [4.69, 9.17) is 0 Å². The molecule has 0 saturated carbocycles. The third kappa shape index (κ3) is 5.15. The topological polar surface area (TPSA) is 122 Å². The Morgan fingerprint density at radius 1 is 1.08 bits per heavy atom. The fourth-order valence-electron chi connectivity index (χ4n) is 4.63. The highest BCUT2D eigenvalue weighted by atomic mass is 16.2. The lowest BCUT2D eigenvalue weighted by atomic mass is 10.1. The van der Waals surface area contributed by atoms with E-state index < -0.39 is 0 Å². The minimum atomic E-state index is -0.0639. The first-order valence-electron chi connectivity index (χ1n) is 12.2. The van der Waals surface area contributed by atoms with Crippen LogP contribution in [0.1, 0.15) is 23.2 Å². The summed E-state index contributed by atoms with van der Waals surface area (Å²) in [6, 6.07) is 7.41. The fourth-order valence-corrected chi connectivity index (χ4v) is 4.63. The highest BCUT2D eigenvalue weighted by Crippen LogP contribution is 2.24. The predicted molar refractivity (Wildman–Crippen MR) is 138 cm³/mol. The number of hydrogen-bond acceptors (Lipinski definition) is 8. The van der Waals surface area contributed by atoms with Gasteiger partial charge < -0.3 is 30.3 Å². The molecule has 2 fully saturated rings. The van der Waals surface area contributed by atoms with Gasteiger partial charge in [-0.2, -0.15) is 9.97 Å². The van der Waals surface area contributed by atoms with E-state index in [1.165, 1.54) is 6.08 Å². The standard InChI is InChI=1S/C25H31N9O2/c1-3-20(35)34-10-4-5-19(15-34)28-23-21-22(27-16-26-21)30-25(31-23)29-18-8-6-17(7-9-18)24(36)33-13-11-32(2)12-14-33/h3,6-9,16,19H,1,4-5,10-15H2,2H3,(H3,26,27,28,29,30,31). The molecular weight excluding hydrogens is 458 g/mol. The van der Waals surface area contributed by atoms with Gasteiger partial charge in [-0.25, -0.2) is 4.98 Å². The van der Waals surface area contributed by atoms with Gasteiger partial charge in [0.25, 0.3) is 5.91 Å². The van der Waals surface area contributed by atoms with Crippen molar-refractivity contribution in [2.24, 2.45) is 0 Å². The first-order chi connectivity index (χ1) is 17.5. The number of imidazole rings is 1. The van der Waals surface area contributed by atoms with Crippen molar-refractivity contribution < 1.29 is 9.59 Å². The SMILES string of the molecule is C=CC(=O)N1CCCC(Nc2nc(Nc3ccc(C(=O)N4CCN(C)CC4)cc3)nc3[nH]cnc23)C1. The Balaban J connectivity index is 1.29. The van der Waals surface area contributed by atoms with Crippen LogP contribution in [0.3, 0.4) is 0 Å². The van der Waals surface area contributed by atoms with Crippen molar-refractivity contribution in [2.45, 2.75) is 18.9 Å². The Morgan fingerprint density at radius 2 is 1.86 bits per heavy atom. The molecule has 188 valence electrons. The third-order valence-corrected chi connectivity index (χ3v) is 6.71. The molecule has 3 aromatic rings. The zero-order valence-electron chi connectivity index (χ0n) is 20.4. The van der Waals surface area contributed by atoms with Crippen LogP contribution in [0.2, 0.25) is 0 Å². The van der Waals surface area contributed by atoms with Gasteiger partial charge in [0.2, 0.25) is 11.9 Å². The summed E-state index contributed by atoms with van der Waals surface area (Å²) < 4.78 is 0. The van der Waals surface area contributed by atoms with Crippen LogP contribution in [0.5, 0.6) is 0 Å². The van der Waals surface area contributed by atoms with Crippen molar-refractivity contribution in [3.05, 3.63) is 48.8 Å². The number of carbonyl (C=O) groups excluding carboxylic acids is 2. The van der Waals surface area contributed by atoms with E-state index in [-0.39, 0.29) is 17.9 Å². The van der Waals surface area contributed by atoms with Gasteiger partial charge in [0.05, 0.1) is 6.33 Å². The largest absolute Gasteiger partial charge is 0.364 e. The van der Waals surface area contributed by atoms with E-state index in [1.807, 2.05) is 29.2 Å². The lowest BCUT2D eigenvalue weighted by Gasteiger charge is -2.32. The van der Waals surface area contributed by atoms with Crippen molar-refractivity contribution in [2.75, 3.05) is 56.9 Å². The van der Waals surface area contributed by atoms with Crippen LogP contribution in [0.15, 0.2) is 43.2 Å². The van der Waals surface area contributed by atoms with Gasteiger partial charge in [-0.1, -0.05) is 6.58 Å². The Morgan fingerprint density at radius 3 is 2.61 bits per heavy atom. The fraction of sp³-hybridized carbons (Fsp3) is 0.400. The Hall–Kier alpha value is -3.99. The number of aromatic nitrogens is 4. The maximum absolute atomic E-state index is 12.8. The number of likely N-dealkylation sites (tertiary alicyclic amines) is 1. The molecule has 0 spiro atoms. The number of nitrogens with zero attached hydrogens (tertiary/aromatic N) is 6. The molecule has 4 heterocycles. The molecule has 2 aromatic heterocycles. The summed E-state index contributed by atoms with van der Waals surface area (Å²) in [5.41, 5.74) is 2.68. The minimum Gasteiger partial charge on any atom is -0.364 e. The number of rotatable bonds is 6. The summed E-state index contributed by atoms with van der Waals surface area (Å²) in [7, 11) is 2.07. The summed E-state index contributed by atoms with van der Waals surface area (Å²) in [4.78, 5) is 47.4. The number of anilines is 3. The summed E-state index contributed by atoms with van der Waals surface area (Å²) in [6.07, 6.45) is 4.76. The summed E-state index contributed by atoms with van der Waals surface area (Å²) in [5.74, 6) is 0.990. The number of piperazine rings is 1. The maximum atomic E-state index is 12.8. The average molecular weight is 490 g/mol. The monoisotopic (exact) mass is 489 g/mol. The average Bonchev–Trinajstić information content (AvgIpc) is 3.38. The van der Waals surface area contributed by atoms with E-state index in [1.54, 1.807) is 11.2 Å². The van der Waals surface area contributed by atoms with Crippen molar-refractivity contribution >= 4 is 40.4 Å². The summed E-state index contributed by atoms with van der Waals surface area (Å²) in [5, 5.41) is 6.68. The minimum absolute atomic E-state index is 0.0465. The molecule has 1 aromatic carbocycles. The van der Waals surface area contributed by atoms with Crippen molar-refractivity contribution in [3.8, 4) is 0 Å². The van der Waals surface area contributed by atoms with Crippen molar-refractivity contribution in [3.63, 3.8) is 0 Å². The number of amides is 2. The van der Waals surface area contributed by atoms with E-state index in [2.05, 4.69) is 49.1 Å². The first kappa shape index (κ1) is 23.7. The van der Waals surface area contributed by atoms with Crippen LogP contribution >= 0.6 is 0 Å². The highest BCUT2D eigenvalue weighted by Gasteiger charge is 2.24. The van der Waals surface area contributed by atoms with Crippen LogP contribution in [0, 0.1) is 0 Å². The molecule has 1 atom stereocenters. The lowest BCUT2D eigenvalue weighted by Crippen LogP contribution is -2.47. The number of carbonyl (C=O) groups is 2. The number of aromatic amines is 1. The Bertz CT molecular complexity index is 1250. The third-order valence-electron chi connectivity index (χ3n) is 6.71. The molecule has 36 heavy (non-hydrogen) atoms. The van der Waals surface area contributed by atoms with Crippen LogP contribution in [0.25, 0.3) is 11.2 Å². The number of likely N-dealkylation sites (N-methyl/N-ethyl adjacent to an activating group) is 1. The highest BCUT2D eigenvalue weighted by molar-refractivity contribution is 5.94. The summed E-state index contributed by atoms with van der Waals surface area (Å²) >= 11 is 0. The number of nitrogens with one attached hydrogen (secondary N) is 3. The number of benzene rings is 1. The molecule has 0 bridgehead atoms. The van der Waals surface area contributed by atoms with Gasteiger partial charge in [0.15, 0.2) is 11.5 Å². The molecule has 11 heteroatoms. The van der Waals surface area contributed by atoms with E-state index in [0.717, 1.165) is 51.3 Å². The second kappa shape index (κ2) is 10.3. The van der Waals surface area contributed by atoms with Gasteiger partial charge in [0.1, 0.15) is 5.52 Å². The number of fused-ring (bicyclic) bond motifs is 1. The second-order valence-electron chi connectivity index (χ2n) is 9.27. The molecule has 0 aliphatic carbocycles. The Kier molecular flexibility index (Phi) is 6.81. The molecule has 1 unspecified atom stereocenters. The van der Waals surface area contributed by atoms with Gasteiger partial charge in [-0.15, -0.1) is 0 Å². The molecule has 2 aliphatic heterocycles. The van der Waals surface area contributed by atoms with Crippen molar-refractivity contribution in [1.29, 1.82) is 0 Å². The molecule has 0 radical (unpaired) electrons. The smallest absolute Gasteiger partial charge is 0.253 e. The van der Waals surface area contributed by atoms with E-state index >= 15 is 0 Å². The lowest BCUT2D eigenvalue weighted by molar-refractivity contribution is -0.127. The van der Waals surface area contributed by atoms with Crippen LogP contribution in [0.4, 0.5) is 17.5 Å². The quantitative estimate of drug-likeness (QED) is 0.450. The normalized spacial score (nSPS) is 18.8. The zero-order valence-corrected chi connectivity index (χ0v) is 20.4. The molecule has 11 nitrogen and oxygen atoms in total. The molecule has 3 N–H and O–H groups in total.